The van der Waals surface area contributed by atoms with E-state index in [2.05, 4.69) is 29.2 Å². The second-order valence-corrected chi connectivity index (χ2v) is 10.1. The minimum absolute atomic E-state index is 0.741. The summed E-state index contributed by atoms with van der Waals surface area (Å²) in [4.78, 5) is 9.33. The number of unbranched alkanes of at least 4 members (excludes halogenated alkanes) is 17. The number of hydrogen-bond donors (Lipinski definition) is 0. The van der Waals surface area contributed by atoms with E-state index >= 15 is 0 Å². The zero-order valence-electron chi connectivity index (χ0n) is 21.0. The van der Waals surface area contributed by atoms with E-state index in [1.807, 2.05) is 5.38 Å². The number of thiophene rings is 1. The van der Waals surface area contributed by atoms with Crippen LogP contribution < -0.4 is 4.74 Å². The lowest BCUT2D eigenvalue weighted by Gasteiger charge is -2.09. The topological polar surface area (TPSA) is 35.0 Å². The molecular weight excluding hydrogens is 412 g/mol. The second kappa shape index (κ2) is 18.3. The Balaban J connectivity index is 1.34. The molecule has 3 nitrogen and oxygen atoms in total. The SMILES string of the molecule is CCCCCCCCCCCCCCCCCCCCOc1nc2cscc2nc1CC. The average Bonchev–Trinajstić information content (AvgIpc) is 3.27. The van der Waals surface area contributed by atoms with Crippen LogP contribution in [0.15, 0.2) is 10.8 Å². The molecule has 0 fully saturated rings. The van der Waals surface area contributed by atoms with Gasteiger partial charge in [0.05, 0.1) is 12.1 Å². The predicted molar refractivity (Wildman–Crippen MR) is 141 cm³/mol. The van der Waals surface area contributed by atoms with Gasteiger partial charge < -0.3 is 4.74 Å². The molecule has 0 saturated heterocycles. The van der Waals surface area contributed by atoms with Crippen molar-refractivity contribution in [3.8, 4) is 5.88 Å². The van der Waals surface area contributed by atoms with Gasteiger partial charge in [-0.15, -0.1) is 11.3 Å². The largest absolute Gasteiger partial charge is 0.476 e. The fourth-order valence-electron chi connectivity index (χ4n) is 4.34. The molecule has 0 aliphatic rings. The molecule has 0 spiro atoms. The highest BCUT2D eigenvalue weighted by atomic mass is 32.1. The van der Waals surface area contributed by atoms with Crippen LogP contribution >= 0.6 is 11.3 Å². The Kier molecular flexibility index (Phi) is 15.5. The molecule has 2 aromatic heterocycles. The van der Waals surface area contributed by atoms with Gasteiger partial charge in [-0.2, -0.15) is 0 Å². The Morgan fingerprint density at radius 1 is 0.594 bits per heavy atom. The molecule has 2 rings (SSSR count). The van der Waals surface area contributed by atoms with Gasteiger partial charge in [0.2, 0.25) is 5.88 Å². The quantitative estimate of drug-likeness (QED) is 0.174. The average molecular weight is 461 g/mol. The van der Waals surface area contributed by atoms with Crippen molar-refractivity contribution in [2.75, 3.05) is 6.61 Å². The number of fused-ring (bicyclic) bond motifs is 1. The number of rotatable bonds is 21. The molecule has 4 heteroatoms. The van der Waals surface area contributed by atoms with E-state index in [9.17, 15) is 0 Å². The van der Waals surface area contributed by atoms with Gasteiger partial charge >= 0.3 is 0 Å². The maximum atomic E-state index is 5.97. The first-order chi connectivity index (χ1) is 15.8. The summed E-state index contributed by atoms with van der Waals surface area (Å²) in [5.41, 5.74) is 2.94. The smallest absolute Gasteiger partial charge is 0.236 e. The van der Waals surface area contributed by atoms with E-state index < -0.39 is 0 Å². The van der Waals surface area contributed by atoms with Crippen molar-refractivity contribution in [3.63, 3.8) is 0 Å². The molecular formula is C28H48N2OS. The van der Waals surface area contributed by atoms with Crippen molar-refractivity contribution in [2.24, 2.45) is 0 Å². The minimum Gasteiger partial charge on any atom is -0.476 e. The molecule has 0 bridgehead atoms. The van der Waals surface area contributed by atoms with E-state index in [-0.39, 0.29) is 0 Å². The first kappa shape index (κ1) is 27.1. The van der Waals surface area contributed by atoms with Gasteiger partial charge in [-0.05, 0) is 12.8 Å². The number of ether oxygens (including phenoxy) is 1. The van der Waals surface area contributed by atoms with E-state index in [4.69, 9.17) is 4.74 Å². The molecule has 0 aliphatic heterocycles. The van der Waals surface area contributed by atoms with Crippen LogP contribution in [0.25, 0.3) is 11.0 Å². The van der Waals surface area contributed by atoms with Gasteiger partial charge in [-0.25, -0.2) is 9.97 Å². The van der Waals surface area contributed by atoms with Crippen molar-refractivity contribution in [2.45, 2.75) is 136 Å². The molecule has 182 valence electrons. The monoisotopic (exact) mass is 460 g/mol. The number of nitrogens with zero attached hydrogens (tertiary/aromatic N) is 2. The fraction of sp³-hybridized carbons (Fsp3) is 0.786. The summed E-state index contributed by atoms with van der Waals surface area (Å²) in [6.45, 7) is 5.17. The van der Waals surface area contributed by atoms with Crippen molar-refractivity contribution >= 4 is 22.4 Å². The summed E-state index contributed by atoms with van der Waals surface area (Å²) in [5, 5.41) is 4.10. The highest BCUT2D eigenvalue weighted by Crippen LogP contribution is 2.22. The lowest BCUT2D eigenvalue weighted by atomic mass is 10.0. The molecule has 0 atom stereocenters. The predicted octanol–water partition coefficient (Wildman–Crippen LogP) is 9.67. The zero-order chi connectivity index (χ0) is 22.7. The second-order valence-electron chi connectivity index (χ2n) is 9.33. The number of aromatic nitrogens is 2. The van der Waals surface area contributed by atoms with Crippen LogP contribution in [0.3, 0.4) is 0 Å². The van der Waals surface area contributed by atoms with Crippen LogP contribution in [0.4, 0.5) is 0 Å². The standard InChI is InChI=1S/C28H48N2OS/c1-3-5-6-7-8-9-10-11-12-13-14-15-16-17-18-19-20-21-22-31-28-25(4-2)29-26-23-32-24-27(26)30-28/h23-24H,3-22H2,1-2H3. The van der Waals surface area contributed by atoms with Gasteiger partial charge in [-0.3, -0.25) is 0 Å². The third-order valence-corrected chi connectivity index (χ3v) is 7.14. The summed E-state index contributed by atoms with van der Waals surface area (Å²) < 4.78 is 5.97. The summed E-state index contributed by atoms with van der Waals surface area (Å²) in [6.07, 6.45) is 26.1. The summed E-state index contributed by atoms with van der Waals surface area (Å²) >= 11 is 1.65. The van der Waals surface area contributed by atoms with E-state index in [0.29, 0.717) is 0 Å². The van der Waals surface area contributed by atoms with Crippen LogP contribution in [0.2, 0.25) is 0 Å². The van der Waals surface area contributed by atoms with Crippen molar-refractivity contribution in [1.29, 1.82) is 0 Å². The highest BCUT2D eigenvalue weighted by Gasteiger charge is 2.09. The molecule has 32 heavy (non-hydrogen) atoms. The fourth-order valence-corrected chi connectivity index (χ4v) is 5.01. The van der Waals surface area contributed by atoms with E-state index in [0.717, 1.165) is 42.1 Å². The molecule has 2 aromatic rings. The third kappa shape index (κ3) is 11.6. The molecule has 0 aliphatic carbocycles. The Morgan fingerprint density at radius 3 is 1.50 bits per heavy atom. The third-order valence-electron chi connectivity index (χ3n) is 6.42. The van der Waals surface area contributed by atoms with Crippen LogP contribution in [-0.2, 0) is 6.42 Å². The molecule has 0 saturated carbocycles. The van der Waals surface area contributed by atoms with Gasteiger partial charge in [0.25, 0.3) is 0 Å². The molecule has 0 aromatic carbocycles. The molecule has 0 radical (unpaired) electrons. The van der Waals surface area contributed by atoms with Crippen molar-refractivity contribution in [3.05, 3.63) is 16.5 Å². The van der Waals surface area contributed by atoms with Crippen LogP contribution in [-0.4, -0.2) is 16.6 Å². The summed E-state index contributed by atoms with van der Waals surface area (Å²) in [7, 11) is 0. The lowest BCUT2D eigenvalue weighted by Crippen LogP contribution is -2.04. The summed E-state index contributed by atoms with van der Waals surface area (Å²) in [5.74, 6) is 0.741. The molecule has 0 unspecified atom stereocenters. The van der Waals surface area contributed by atoms with E-state index in [1.165, 1.54) is 109 Å². The molecule has 2 heterocycles. The van der Waals surface area contributed by atoms with E-state index in [1.54, 1.807) is 11.3 Å². The van der Waals surface area contributed by atoms with Gasteiger partial charge in [-0.1, -0.05) is 123 Å². The summed E-state index contributed by atoms with van der Waals surface area (Å²) in [6, 6.07) is 0. The highest BCUT2D eigenvalue weighted by molar-refractivity contribution is 7.09. The Hall–Kier alpha value is -1.16. The lowest BCUT2D eigenvalue weighted by molar-refractivity contribution is 0.290. The molecule has 0 N–H and O–H groups in total. The maximum Gasteiger partial charge on any atom is 0.236 e. The Morgan fingerprint density at radius 2 is 1.03 bits per heavy atom. The minimum atomic E-state index is 0.741. The van der Waals surface area contributed by atoms with Gasteiger partial charge in [0.1, 0.15) is 11.2 Å². The van der Waals surface area contributed by atoms with Crippen molar-refractivity contribution in [1.82, 2.24) is 9.97 Å². The van der Waals surface area contributed by atoms with Crippen molar-refractivity contribution < 1.29 is 4.74 Å². The maximum absolute atomic E-state index is 5.97. The first-order valence-corrected chi connectivity index (χ1v) is 14.6. The zero-order valence-corrected chi connectivity index (χ0v) is 21.8. The van der Waals surface area contributed by atoms with Crippen LogP contribution in [0.1, 0.15) is 135 Å². The van der Waals surface area contributed by atoms with Crippen LogP contribution in [0, 0.1) is 0 Å². The number of aryl methyl sites for hydroxylation is 1. The van der Waals surface area contributed by atoms with Gasteiger partial charge in [0, 0.05) is 10.8 Å². The Bertz CT molecular complexity index is 700. The first-order valence-electron chi connectivity index (χ1n) is 13.7. The normalized spacial score (nSPS) is 11.4. The van der Waals surface area contributed by atoms with Crippen LogP contribution in [0.5, 0.6) is 5.88 Å². The molecule has 0 amide bonds. The van der Waals surface area contributed by atoms with Gasteiger partial charge in [0.15, 0.2) is 0 Å². The Labute approximate surface area is 201 Å². The number of hydrogen-bond acceptors (Lipinski definition) is 4.